The molecule has 2 aliphatic rings. The van der Waals surface area contributed by atoms with Crippen molar-refractivity contribution in [1.29, 1.82) is 0 Å². The lowest BCUT2D eigenvalue weighted by molar-refractivity contribution is 0.0718. The Morgan fingerprint density at radius 1 is 1.12 bits per heavy atom. The number of hydrogen-bond donors (Lipinski definition) is 0. The largest absolute Gasteiger partial charge is 0.337 e. The number of rotatable bonds is 5. The summed E-state index contributed by atoms with van der Waals surface area (Å²) in [6.45, 7) is 8.50. The minimum atomic E-state index is 0.0513. The van der Waals surface area contributed by atoms with Crippen molar-refractivity contribution in [3.8, 4) is 0 Å². The van der Waals surface area contributed by atoms with E-state index in [9.17, 15) is 4.79 Å². The molecule has 3 rings (SSSR count). The first-order chi connectivity index (χ1) is 11.7. The molecule has 0 saturated carbocycles. The van der Waals surface area contributed by atoms with Crippen molar-refractivity contribution < 1.29 is 4.79 Å². The van der Waals surface area contributed by atoms with Gasteiger partial charge < -0.3 is 9.80 Å². The van der Waals surface area contributed by atoms with E-state index in [2.05, 4.69) is 29.1 Å². The van der Waals surface area contributed by atoms with Crippen molar-refractivity contribution in [3.05, 3.63) is 11.9 Å². The predicted molar refractivity (Wildman–Crippen MR) is 94.0 cm³/mol. The van der Waals surface area contributed by atoms with E-state index in [0.29, 0.717) is 17.8 Å². The Kier molecular flexibility index (Phi) is 5.87. The molecule has 0 aromatic carbocycles. The third-order valence-electron chi connectivity index (χ3n) is 5.70. The maximum atomic E-state index is 12.5. The molecule has 6 heteroatoms. The number of carbonyl (C=O) groups excluding carboxylic acids is 1. The summed E-state index contributed by atoms with van der Waals surface area (Å²) in [5, 5.41) is 8.43. The number of piperidine rings is 2. The van der Waals surface area contributed by atoms with Crippen LogP contribution in [-0.2, 0) is 0 Å². The minimum absolute atomic E-state index is 0.0513. The van der Waals surface area contributed by atoms with Gasteiger partial charge in [-0.3, -0.25) is 4.79 Å². The Morgan fingerprint density at radius 2 is 1.79 bits per heavy atom. The van der Waals surface area contributed by atoms with Crippen LogP contribution < -0.4 is 0 Å². The van der Waals surface area contributed by atoms with E-state index >= 15 is 0 Å². The van der Waals surface area contributed by atoms with Gasteiger partial charge in [0.15, 0.2) is 5.69 Å². The van der Waals surface area contributed by atoms with E-state index in [0.717, 1.165) is 51.9 Å². The molecule has 0 N–H and O–H groups in total. The van der Waals surface area contributed by atoms with E-state index in [1.807, 2.05) is 15.8 Å². The number of hydrogen-bond acceptors (Lipinski definition) is 4. The second-order valence-corrected chi connectivity index (χ2v) is 7.17. The van der Waals surface area contributed by atoms with Crippen LogP contribution in [0.4, 0.5) is 0 Å². The van der Waals surface area contributed by atoms with Crippen molar-refractivity contribution in [1.82, 2.24) is 24.8 Å². The standard InChI is InChI=1S/C18H31N5O/c1-3-15(4-2)21-12-8-16(9-13-21)23-14-17(19-20-23)18(24)22-10-6-5-7-11-22/h14-16H,3-13H2,1-2H3. The topological polar surface area (TPSA) is 54.3 Å². The average Bonchev–Trinajstić information content (AvgIpc) is 3.13. The summed E-state index contributed by atoms with van der Waals surface area (Å²) < 4.78 is 1.93. The summed E-state index contributed by atoms with van der Waals surface area (Å²) in [5.74, 6) is 0.0513. The molecule has 6 nitrogen and oxygen atoms in total. The van der Waals surface area contributed by atoms with Gasteiger partial charge in [0.25, 0.3) is 5.91 Å². The van der Waals surface area contributed by atoms with Crippen molar-refractivity contribution in [2.45, 2.75) is 70.9 Å². The van der Waals surface area contributed by atoms with Crippen LogP contribution in [0.25, 0.3) is 0 Å². The fourth-order valence-electron chi connectivity index (χ4n) is 4.13. The highest BCUT2D eigenvalue weighted by molar-refractivity contribution is 5.91. The highest BCUT2D eigenvalue weighted by Crippen LogP contribution is 2.25. The van der Waals surface area contributed by atoms with Crippen LogP contribution in [0.2, 0.25) is 0 Å². The molecule has 24 heavy (non-hydrogen) atoms. The van der Waals surface area contributed by atoms with Crippen LogP contribution in [0.3, 0.4) is 0 Å². The Morgan fingerprint density at radius 3 is 2.42 bits per heavy atom. The number of amides is 1. The molecular weight excluding hydrogens is 302 g/mol. The number of likely N-dealkylation sites (tertiary alicyclic amines) is 2. The third kappa shape index (κ3) is 3.79. The smallest absolute Gasteiger partial charge is 0.276 e. The van der Waals surface area contributed by atoms with Crippen molar-refractivity contribution >= 4 is 5.91 Å². The van der Waals surface area contributed by atoms with Gasteiger partial charge >= 0.3 is 0 Å². The molecule has 2 saturated heterocycles. The second-order valence-electron chi connectivity index (χ2n) is 7.17. The van der Waals surface area contributed by atoms with E-state index < -0.39 is 0 Å². The number of nitrogens with zero attached hydrogens (tertiary/aromatic N) is 5. The normalized spacial score (nSPS) is 20.7. The first-order valence-electron chi connectivity index (χ1n) is 9.68. The molecule has 3 heterocycles. The van der Waals surface area contributed by atoms with E-state index in [4.69, 9.17) is 0 Å². The zero-order valence-corrected chi connectivity index (χ0v) is 15.2. The van der Waals surface area contributed by atoms with Gasteiger partial charge in [0, 0.05) is 32.2 Å². The third-order valence-corrected chi connectivity index (χ3v) is 5.70. The SMILES string of the molecule is CCC(CC)N1CCC(n2cc(C(=O)N3CCCCC3)nn2)CC1. The van der Waals surface area contributed by atoms with E-state index in [1.165, 1.54) is 19.3 Å². The van der Waals surface area contributed by atoms with Crippen LogP contribution in [-0.4, -0.2) is 62.9 Å². The van der Waals surface area contributed by atoms with Gasteiger partial charge in [0.05, 0.1) is 12.2 Å². The first kappa shape index (κ1) is 17.4. The minimum Gasteiger partial charge on any atom is -0.337 e. The molecule has 0 atom stereocenters. The molecule has 0 bridgehead atoms. The Labute approximate surface area is 145 Å². The molecule has 2 aliphatic heterocycles. The highest BCUT2D eigenvalue weighted by atomic mass is 16.2. The number of aromatic nitrogens is 3. The molecule has 2 fully saturated rings. The molecule has 0 spiro atoms. The van der Waals surface area contributed by atoms with Crippen molar-refractivity contribution in [3.63, 3.8) is 0 Å². The monoisotopic (exact) mass is 333 g/mol. The first-order valence-corrected chi connectivity index (χ1v) is 9.68. The Hall–Kier alpha value is -1.43. The Balaban J connectivity index is 1.57. The fourth-order valence-corrected chi connectivity index (χ4v) is 4.13. The molecule has 134 valence electrons. The lowest BCUT2D eigenvalue weighted by Crippen LogP contribution is -2.41. The summed E-state index contributed by atoms with van der Waals surface area (Å²) in [4.78, 5) is 17.0. The molecule has 0 unspecified atom stereocenters. The molecule has 1 aromatic heterocycles. The zero-order chi connectivity index (χ0) is 16.9. The van der Waals surface area contributed by atoms with Gasteiger partial charge in [0.2, 0.25) is 0 Å². The zero-order valence-electron chi connectivity index (χ0n) is 15.2. The summed E-state index contributed by atoms with van der Waals surface area (Å²) in [5.41, 5.74) is 0.513. The Bertz CT molecular complexity index is 525. The average molecular weight is 333 g/mol. The summed E-state index contributed by atoms with van der Waals surface area (Å²) >= 11 is 0. The quantitative estimate of drug-likeness (QED) is 0.831. The lowest BCUT2D eigenvalue weighted by atomic mass is 10.0. The van der Waals surface area contributed by atoms with Crippen molar-refractivity contribution in [2.24, 2.45) is 0 Å². The van der Waals surface area contributed by atoms with Crippen molar-refractivity contribution in [2.75, 3.05) is 26.2 Å². The van der Waals surface area contributed by atoms with Gasteiger partial charge in [-0.05, 0) is 44.9 Å². The van der Waals surface area contributed by atoms with Crippen LogP contribution >= 0.6 is 0 Å². The lowest BCUT2D eigenvalue weighted by Gasteiger charge is -2.36. The number of carbonyl (C=O) groups is 1. The van der Waals surface area contributed by atoms with Gasteiger partial charge in [-0.2, -0.15) is 0 Å². The second kappa shape index (κ2) is 8.10. The summed E-state index contributed by atoms with van der Waals surface area (Å²) in [6, 6.07) is 1.09. The summed E-state index contributed by atoms with van der Waals surface area (Å²) in [6.07, 6.45) is 9.94. The van der Waals surface area contributed by atoms with Gasteiger partial charge in [0.1, 0.15) is 0 Å². The molecule has 1 aromatic rings. The molecular formula is C18H31N5O. The summed E-state index contributed by atoms with van der Waals surface area (Å²) in [7, 11) is 0. The van der Waals surface area contributed by atoms with Gasteiger partial charge in [-0.25, -0.2) is 4.68 Å². The van der Waals surface area contributed by atoms with Crippen LogP contribution in [0.1, 0.15) is 75.3 Å². The fraction of sp³-hybridized carbons (Fsp3) is 0.833. The van der Waals surface area contributed by atoms with E-state index in [1.54, 1.807) is 0 Å². The predicted octanol–water partition coefficient (Wildman–Crippen LogP) is 2.73. The van der Waals surface area contributed by atoms with E-state index in [-0.39, 0.29) is 5.91 Å². The maximum absolute atomic E-state index is 12.5. The van der Waals surface area contributed by atoms with Crippen LogP contribution in [0.15, 0.2) is 6.20 Å². The van der Waals surface area contributed by atoms with Crippen LogP contribution in [0, 0.1) is 0 Å². The van der Waals surface area contributed by atoms with Gasteiger partial charge in [-0.1, -0.05) is 19.1 Å². The molecule has 1 amide bonds. The highest BCUT2D eigenvalue weighted by Gasteiger charge is 2.26. The molecule has 0 radical (unpaired) electrons. The molecule has 0 aliphatic carbocycles. The van der Waals surface area contributed by atoms with Crippen LogP contribution in [0.5, 0.6) is 0 Å². The maximum Gasteiger partial charge on any atom is 0.276 e. The van der Waals surface area contributed by atoms with Gasteiger partial charge in [-0.15, -0.1) is 5.10 Å².